The van der Waals surface area contributed by atoms with Crippen molar-refractivity contribution in [1.29, 1.82) is 0 Å². The minimum atomic E-state index is -2.96. The number of benzene rings is 1. The fourth-order valence-corrected chi connectivity index (χ4v) is 6.38. The summed E-state index contributed by atoms with van der Waals surface area (Å²) >= 11 is 5.46. The molecule has 2 atom stereocenters. The quantitative estimate of drug-likeness (QED) is 0.693. The first kappa shape index (κ1) is 20.4. The van der Waals surface area contributed by atoms with E-state index in [4.69, 9.17) is 17.0 Å². The second-order valence-corrected chi connectivity index (χ2v) is 10.4. The summed E-state index contributed by atoms with van der Waals surface area (Å²) in [6.45, 7) is 4.76. The number of methoxy groups -OCH3 is 1. The van der Waals surface area contributed by atoms with E-state index in [2.05, 4.69) is 27.7 Å². The highest BCUT2D eigenvalue weighted by Gasteiger charge is 2.38. The average molecular weight is 412 g/mol. The van der Waals surface area contributed by atoms with Gasteiger partial charge in [0.1, 0.15) is 5.75 Å². The van der Waals surface area contributed by atoms with E-state index in [1.165, 1.54) is 18.4 Å². The van der Waals surface area contributed by atoms with Gasteiger partial charge < -0.3 is 15.4 Å². The molecule has 0 spiro atoms. The largest absolute Gasteiger partial charge is 0.497 e. The third-order valence-corrected chi connectivity index (χ3v) is 7.61. The van der Waals surface area contributed by atoms with Crippen LogP contribution in [0.1, 0.15) is 37.8 Å². The van der Waals surface area contributed by atoms with Crippen molar-refractivity contribution in [1.82, 2.24) is 15.5 Å². The highest BCUT2D eigenvalue weighted by atomic mass is 32.2. The summed E-state index contributed by atoms with van der Waals surface area (Å²) in [5.74, 6) is 1.21. The number of likely N-dealkylation sites (tertiary alicyclic amines) is 1. The minimum Gasteiger partial charge on any atom is -0.497 e. The van der Waals surface area contributed by atoms with Gasteiger partial charge in [0.15, 0.2) is 14.9 Å². The van der Waals surface area contributed by atoms with Crippen LogP contribution in [0.2, 0.25) is 0 Å². The Morgan fingerprint density at radius 1 is 1.30 bits per heavy atom. The Kier molecular flexibility index (Phi) is 6.28. The maximum atomic E-state index is 11.8. The number of hydrogen-bond donors (Lipinski definition) is 2. The standard InChI is InChI=1S/C19H29N3O3S2/c1-19(9-12-27(23,24)14-19)21-18(26)20-13-17(22-10-3-4-11-22)15-5-7-16(25-2)8-6-15/h5-8,17H,3-4,9-14H2,1-2H3,(H2,20,21,26)/t17-,19-/m1/s1. The van der Waals surface area contributed by atoms with Crippen LogP contribution in [0.5, 0.6) is 5.75 Å². The van der Waals surface area contributed by atoms with Crippen molar-refractivity contribution in [2.45, 2.75) is 37.8 Å². The molecule has 2 aliphatic heterocycles. The maximum Gasteiger partial charge on any atom is 0.166 e. The minimum absolute atomic E-state index is 0.135. The van der Waals surface area contributed by atoms with Crippen LogP contribution in [0.25, 0.3) is 0 Å². The van der Waals surface area contributed by atoms with Crippen LogP contribution >= 0.6 is 12.2 Å². The Labute approximate surface area is 167 Å². The summed E-state index contributed by atoms with van der Waals surface area (Å²) in [5.41, 5.74) is 0.745. The zero-order chi connectivity index (χ0) is 19.5. The van der Waals surface area contributed by atoms with Crippen molar-refractivity contribution in [2.75, 3.05) is 38.2 Å². The molecule has 6 nitrogen and oxygen atoms in total. The van der Waals surface area contributed by atoms with E-state index in [-0.39, 0.29) is 17.5 Å². The van der Waals surface area contributed by atoms with E-state index >= 15 is 0 Å². The SMILES string of the molecule is COc1ccc([C@@H](CNC(=S)N[C@]2(C)CCS(=O)(=O)C2)N2CCCC2)cc1. The van der Waals surface area contributed by atoms with Crippen molar-refractivity contribution in [2.24, 2.45) is 0 Å². The monoisotopic (exact) mass is 411 g/mol. The molecular formula is C19H29N3O3S2. The molecule has 2 N–H and O–H groups in total. The van der Waals surface area contributed by atoms with Crippen molar-refractivity contribution in [3.63, 3.8) is 0 Å². The molecule has 2 saturated heterocycles. The van der Waals surface area contributed by atoms with Gasteiger partial charge in [0.2, 0.25) is 0 Å². The molecule has 3 rings (SSSR count). The van der Waals surface area contributed by atoms with Gasteiger partial charge in [-0.3, -0.25) is 4.90 Å². The smallest absolute Gasteiger partial charge is 0.166 e. The van der Waals surface area contributed by atoms with Gasteiger partial charge in [0.25, 0.3) is 0 Å². The number of nitrogens with one attached hydrogen (secondary N) is 2. The van der Waals surface area contributed by atoms with Crippen LogP contribution in [-0.2, 0) is 9.84 Å². The summed E-state index contributed by atoms with van der Waals surface area (Å²) in [6.07, 6.45) is 3.02. The van der Waals surface area contributed by atoms with Gasteiger partial charge in [0.05, 0.1) is 30.2 Å². The molecule has 2 aliphatic rings. The average Bonchev–Trinajstić information content (AvgIpc) is 3.23. The van der Waals surface area contributed by atoms with Crippen molar-refractivity contribution in [3.8, 4) is 5.75 Å². The van der Waals surface area contributed by atoms with E-state index in [9.17, 15) is 8.42 Å². The molecule has 0 saturated carbocycles. The van der Waals surface area contributed by atoms with Crippen LogP contribution < -0.4 is 15.4 Å². The Hall–Kier alpha value is -1.38. The van der Waals surface area contributed by atoms with Crippen molar-refractivity contribution >= 4 is 27.2 Å². The number of sulfone groups is 1. The lowest BCUT2D eigenvalue weighted by molar-refractivity contribution is 0.245. The number of hydrogen-bond acceptors (Lipinski definition) is 5. The molecule has 8 heteroatoms. The van der Waals surface area contributed by atoms with Gasteiger partial charge in [-0.1, -0.05) is 12.1 Å². The van der Waals surface area contributed by atoms with Crippen LogP contribution in [-0.4, -0.2) is 62.2 Å². The predicted octanol–water partition coefficient (Wildman–Crippen LogP) is 1.87. The van der Waals surface area contributed by atoms with E-state index in [0.29, 0.717) is 18.1 Å². The third kappa shape index (κ3) is 5.33. The highest BCUT2D eigenvalue weighted by molar-refractivity contribution is 7.91. The zero-order valence-electron chi connectivity index (χ0n) is 16.0. The van der Waals surface area contributed by atoms with Gasteiger partial charge in [-0.25, -0.2) is 8.42 Å². The summed E-state index contributed by atoms with van der Waals surface area (Å²) in [4.78, 5) is 2.47. The fraction of sp³-hybridized carbons (Fsp3) is 0.632. The zero-order valence-corrected chi connectivity index (χ0v) is 17.7. The first-order chi connectivity index (χ1) is 12.8. The molecule has 1 aromatic rings. The van der Waals surface area contributed by atoms with Gasteiger partial charge in [0, 0.05) is 6.54 Å². The lowest BCUT2D eigenvalue weighted by Crippen LogP contribution is -2.52. The summed E-state index contributed by atoms with van der Waals surface area (Å²) < 4.78 is 28.8. The van der Waals surface area contributed by atoms with Gasteiger partial charge in [-0.05, 0) is 69.2 Å². The van der Waals surface area contributed by atoms with E-state index in [1.54, 1.807) is 7.11 Å². The molecule has 0 amide bonds. The molecule has 27 heavy (non-hydrogen) atoms. The van der Waals surface area contributed by atoms with Crippen LogP contribution in [0.3, 0.4) is 0 Å². The number of rotatable bonds is 6. The Morgan fingerprint density at radius 2 is 1.96 bits per heavy atom. The van der Waals surface area contributed by atoms with Crippen LogP contribution in [0, 0.1) is 0 Å². The third-order valence-electron chi connectivity index (χ3n) is 5.46. The topological polar surface area (TPSA) is 70.7 Å². The van der Waals surface area contributed by atoms with Crippen LogP contribution in [0.4, 0.5) is 0 Å². The molecule has 2 fully saturated rings. The summed E-state index contributed by atoms with van der Waals surface area (Å²) in [5, 5.41) is 7.07. The number of nitrogens with zero attached hydrogens (tertiary/aromatic N) is 1. The van der Waals surface area contributed by atoms with Crippen LogP contribution in [0.15, 0.2) is 24.3 Å². The first-order valence-corrected chi connectivity index (χ1v) is 11.7. The Morgan fingerprint density at radius 3 is 2.52 bits per heavy atom. The maximum absolute atomic E-state index is 11.8. The van der Waals surface area contributed by atoms with Crippen molar-refractivity contribution in [3.05, 3.63) is 29.8 Å². The molecule has 0 aromatic heterocycles. The van der Waals surface area contributed by atoms with E-state index in [0.717, 1.165) is 18.8 Å². The number of thiocarbonyl (C=S) groups is 1. The molecule has 0 radical (unpaired) electrons. The second-order valence-electron chi connectivity index (χ2n) is 7.77. The van der Waals surface area contributed by atoms with Crippen molar-refractivity contribution < 1.29 is 13.2 Å². The highest BCUT2D eigenvalue weighted by Crippen LogP contribution is 2.26. The van der Waals surface area contributed by atoms with E-state index < -0.39 is 15.4 Å². The summed E-state index contributed by atoms with van der Waals surface area (Å²) in [6, 6.07) is 8.40. The first-order valence-electron chi connectivity index (χ1n) is 9.45. The van der Waals surface area contributed by atoms with Gasteiger partial charge in [-0.2, -0.15) is 0 Å². The Balaban J connectivity index is 1.63. The number of ether oxygens (including phenoxy) is 1. The lowest BCUT2D eigenvalue weighted by Gasteiger charge is -2.31. The fourth-order valence-electron chi connectivity index (χ4n) is 3.95. The molecule has 0 aliphatic carbocycles. The van der Waals surface area contributed by atoms with Gasteiger partial charge >= 0.3 is 0 Å². The van der Waals surface area contributed by atoms with E-state index in [1.807, 2.05) is 19.1 Å². The predicted molar refractivity (Wildman–Crippen MR) is 112 cm³/mol. The molecule has 2 heterocycles. The summed E-state index contributed by atoms with van der Waals surface area (Å²) in [7, 11) is -1.29. The molecule has 0 unspecified atom stereocenters. The molecule has 0 bridgehead atoms. The molecular weight excluding hydrogens is 382 g/mol. The lowest BCUT2D eigenvalue weighted by atomic mass is 10.0. The normalized spacial score (nSPS) is 25.9. The molecule has 150 valence electrons. The molecule has 1 aromatic carbocycles. The Bertz CT molecular complexity index is 761. The van der Waals surface area contributed by atoms with Gasteiger partial charge in [-0.15, -0.1) is 0 Å². The second kappa shape index (κ2) is 8.32.